The summed E-state index contributed by atoms with van der Waals surface area (Å²) in [6.45, 7) is 4.42. The Morgan fingerprint density at radius 2 is 2.25 bits per heavy atom. The molecular formula is C13H18ClNS. The minimum atomic E-state index is 0.596. The lowest BCUT2D eigenvalue weighted by Gasteiger charge is -2.30. The van der Waals surface area contributed by atoms with E-state index < -0.39 is 0 Å². The van der Waals surface area contributed by atoms with Gasteiger partial charge in [0, 0.05) is 22.0 Å². The average Bonchev–Trinajstić information content (AvgIpc) is 2.25. The molecule has 1 aromatic rings. The maximum absolute atomic E-state index is 5.96. The second-order valence-corrected chi connectivity index (χ2v) is 6.35. The van der Waals surface area contributed by atoms with Crippen LogP contribution in [0.5, 0.6) is 0 Å². The van der Waals surface area contributed by atoms with Crippen LogP contribution in [0, 0.1) is 6.92 Å². The quantitative estimate of drug-likeness (QED) is 0.844. The van der Waals surface area contributed by atoms with Gasteiger partial charge in [-0.1, -0.05) is 18.5 Å². The fourth-order valence-corrected chi connectivity index (χ4v) is 3.47. The van der Waals surface area contributed by atoms with E-state index in [4.69, 9.17) is 11.6 Å². The van der Waals surface area contributed by atoms with Crippen molar-refractivity contribution in [3.8, 4) is 0 Å². The molecule has 0 bridgehead atoms. The molecule has 2 atom stereocenters. The highest BCUT2D eigenvalue weighted by molar-refractivity contribution is 8.00. The van der Waals surface area contributed by atoms with Gasteiger partial charge in [-0.05, 0) is 49.3 Å². The van der Waals surface area contributed by atoms with Crippen LogP contribution in [0.1, 0.15) is 25.3 Å². The molecular weight excluding hydrogens is 238 g/mol. The van der Waals surface area contributed by atoms with Gasteiger partial charge in [-0.25, -0.2) is 0 Å². The van der Waals surface area contributed by atoms with E-state index in [1.54, 1.807) is 0 Å². The van der Waals surface area contributed by atoms with E-state index in [9.17, 15) is 0 Å². The zero-order chi connectivity index (χ0) is 11.5. The monoisotopic (exact) mass is 255 g/mol. The smallest absolute Gasteiger partial charge is 0.0410 e. The Kier molecular flexibility index (Phi) is 4.04. The molecule has 1 N–H and O–H groups in total. The molecule has 0 aromatic heterocycles. The normalized spacial score (nSPS) is 25.4. The standard InChI is InChI=1S/C13H18ClNS/c1-9-8-11(14)5-6-12(9)15-13-4-3-7-16-10(13)2/h5-6,8,10,13,15H,3-4,7H2,1-2H3. The number of nitrogens with one attached hydrogen (secondary N) is 1. The Balaban J connectivity index is 2.07. The second kappa shape index (κ2) is 5.33. The first kappa shape index (κ1) is 12.1. The topological polar surface area (TPSA) is 12.0 Å². The Morgan fingerprint density at radius 1 is 1.44 bits per heavy atom. The van der Waals surface area contributed by atoms with E-state index >= 15 is 0 Å². The molecule has 0 radical (unpaired) electrons. The van der Waals surface area contributed by atoms with Gasteiger partial charge in [0.2, 0.25) is 0 Å². The van der Waals surface area contributed by atoms with Crippen LogP contribution in [0.15, 0.2) is 18.2 Å². The molecule has 1 aliphatic heterocycles. The van der Waals surface area contributed by atoms with Crippen molar-refractivity contribution in [2.75, 3.05) is 11.1 Å². The van der Waals surface area contributed by atoms with Crippen molar-refractivity contribution in [3.63, 3.8) is 0 Å². The highest BCUT2D eigenvalue weighted by Crippen LogP contribution is 2.29. The molecule has 1 aromatic carbocycles. The zero-order valence-electron chi connectivity index (χ0n) is 9.79. The van der Waals surface area contributed by atoms with E-state index in [2.05, 4.69) is 37.0 Å². The summed E-state index contributed by atoms with van der Waals surface area (Å²) in [5, 5.41) is 5.16. The van der Waals surface area contributed by atoms with Crippen LogP contribution < -0.4 is 5.32 Å². The number of rotatable bonds is 2. The Hall–Kier alpha value is -0.340. The third-order valence-corrected chi connectivity index (χ3v) is 4.75. The molecule has 3 heteroatoms. The summed E-state index contributed by atoms with van der Waals surface area (Å²) in [4.78, 5) is 0. The molecule has 1 nitrogen and oxygen atoms in total. The number of hydrogen-bond acceptors (Lipinski definition) is 2. The number of anilines is 1. The van der Waals surface area contributed by atoms with E-state index in [0.29, 0.717) is 11.3 Å². The predicted molar refractivity (Wildman–Crippen MR) is 74.8 cm³/mol. The van der Waals surface area contributed by atoms with Crippen molar-refractivity contribution in [3.05, 3.63) is 28.8 Å². The third-order valence-electron chi connectivity index (χ3n) is 3.14. The van der Waals surface area contributed by atoms with Gasteiger partial charge >= 0.3 is 0 Å². The van der Waals surface area contributed by atoms with Crippen LogP contribution in [0.4, 0.5) is 5.69 Å². The van der Waals surface area contributed by atoms with Crippen molar-refractivity contribution in [2.24, 2.45) is 0 Å². The predicted octanol–water partition coefficient (Wildman–Crippen LogP) is 4.34. The van der Waals surface area contributed by atoms with Crippen LogP contribution in [-0.2, 0) is 0 Å². The SMILES string of the molecule is Cc1cc(Cl)ccc1NC1CCCSC1C. The van der Waals surface area contributed by atoms with Crippen molar-refractivity contribution < 1.29 is 0 Å². The molecule has 0 saturated carbocycles. The molecule has 1 aliphatic rings. The van der Waals surface area contributed by atoms with Gasteiger partial charge in [0.05, 0.1) is 0 Å². The van der Waals surface area contributed by atoms with E-state index in [1.807, 2.05) is 12.1 Å². The minimum absolute atomic E-state index is 0.596. The summed E-state index contributed by atoms with van der Waals surface area (Å²) >= 11 is 8.02. The van der Waals surface area contributed by atoms with Crippen LogP contribution in [0.25, 0.3) is 0 Å². The molecule has 1 heterocycles. The lowest BCUT2D eigenvalue weighted by molar-refractivity contribution is 0.617. The molecule has 0 amide bonds. The van der Waals surface area contributed by atoms with Crippen LogP contribution in [0.2, 0.25) is 5.02 Å². The maximum atomic E-state index is 5.96. The summed E-state index contributed by atoms with van der Waals surface area (Å²) in [6, 6.07) is 6.66. The van der Waals surface area contributed by atoms with E-state index in [1.165, 1.54) is 29.8 Å². The first-order valence-electron chi connectivity index (χ1n) is 5.81. The van der Waals surface area contributed by atoms with Crippen LogP contribution in [0.3, 0.4) is 0 Å². The van der Waals surface area contributed by atoms with Crippen molar-refractivity contribution in [2.45, 2.75) is 38.0 Å². The number of benzene rings is 1. The summed E-state index contributed by atoms with van der Waals surface area (Å²) < 4.78 is 0. The maximum Gasteiger partial charge on any atom is 0.0410 e. The first-order valence-corrected chi connectivity index (χ1v) is 7.24. The number of thioether (sulfide) groups is 1. The molecule has 0 spiro atoms. The largest absolute Gasteiger partial charge is 0.381 e. The molecule has 88 valence electrons. The minimum Gasteiger partial charge on any atom is -0.381 e. The Labute approximate surface area is 107 Å². The van der Waals surface area contributed by atoms with Gasteiger partial charge in [-0.2, -0.15) is 11.8 Å². The fourth-order valence-electron chi connectivity index (χ4n) is 2.10. The first-order chi connectivity index (χ1) is 7.66. The number of aryl methyl sites for hydroxylation is 1. The highest BCUT2D eigenvalue weighted by atomic mass is 35.5. The lowest BCUT2D eigenvalue weighted by Crippen LogP contribution is -2.32. The summed E-state index contributed by atoms with van der Waals surface area (Å²) in [7, 11) is 0. The van der Waals surface area contributed by atoms with Gasteiger partial charge in [0.25, 0.3) is 0 Å². The summed E-state index contributed by atoms with van der Waals surface area (Å²) in [5.74, 6) is 1.30. The molecule has 0 aliphatic carbocycles. The van der Waals surface area contributed by atoms with Crippen LogP contribution in [-0.4, -0.2) is 17.0 Å². The van der Waals surface area contributed by atoms with Crippen LogP contribution >= 0.6 is 23.4 Å². The van der Waals surface area contributed by atoms with Crippen molar-refractivity contribution in [1.82, 2.24) is 0 Å². The van der Waals surface area contributed by atoms with Gasteiger partial charge in [-0.15, -0.1) is 0 Å². The summed E-state index contributed by atoms with van der Waals surface area (Å²) in [6.07, 6.45) is 2.59. The summed E-state index contributed by atoms with van der Waals surface area (Å²) in [5.41, 5.74) is 2.46. The lowest BCUT2D eigenvalue weighted by atomic mass is 10.1. The Bertz CT molecular complexity index is 367. The van der Waals surface area contributed by atoms with E-state index in [-0.39, 0.29) is 0 Å². The molecule has 16 heavy (non-hydrogen) atoms. The number of halogens is 1. The second-order valence-electron chi connectivity index (χ2n) is 4.43. The third kappa shape index (κ3) is 2.86. The number of hydrogen-bond donors (Lipinski definition) is 1. The van der Waals surface area contributed by atoms with Crippen molar-refractivity contribution >= 4 is 29.1 Å². The van der Waals surface area contributed by atoms with Gasteiger partial charge in [-0.3, -0.25) is 0 Å². The molecule has 2 unspecified atom stereocenters. The molecule has 1 saturated heterocycles. The zero-order valence-corrected chi connectivity index (χ0v) is 11.4. The Morgan fingerprint density at radius 3 is 2.94 bits per heavy atom. The van der Waals surface area contributed by atoms with E-state index in [0.717, 1.165) is 5.02 Å². The molecule has 2 rings (SSSR count). The van der Waals surface area contributed by atoms with Gasteiger partial charge < -0.3 is 5.32 Å². The highest BCUT2D eigenvalue weighted by Gasteiger charge is 2.21. The molecule has 1 fully saturated rings. The van der Waals surface area contributed by atoms with Crippen molar-refractivity contribution in [1.29, 1.82) is 0 Å². The fraction of sp³-hybridized carbons (Fsp3) is 0.538. The van der Waals surface area contributed by atoms with Gasteiger partial charge in [0.15, 0.2) is 0 Å². The van der Waals surface area contributed by atoms with Gasteiger partial charge in [0.1, 0.15) is 0 Å². The average molecular weight is 256 g/mol.